The third kappa shape index (κ3) is 6.13. The molecule has 0 saturated heterocycles. The Labute approximate surface area is 119 Å². The van der Waals surface area contributed by atoms with Crippen molar-refractivity contribution in [1.29, 1.82) is 0 Å². The number of ether oxygens (including phenoxy) is 1. The van der Waals surface area contributed by atoms with Gasteiger partial charge in [0.25, 0.3) is 5.91 Å². The number of carbonyl (C=O) groups excluding carboxylic acids is 1. The summed E-state index contributed by atoms with van der Waals surface area (Å²) in [6.07, 6.45) is -0.288. The van der Waals surface area contributed by atoms with Crippen LogP contribution in [0.25, 0.3) is 0 Å². The van der Waals surface area contributed by atoms with Crippen LogP contribution in [0.1, 0.15) is 12.5 Å². The summed E-state index contributed by atoms with van der Waals surface area (Å²) in [6.45, 7) is 1.73. The summed E-state index contributed by atoms with van der Waals surface area (Å²) in [5, 5.41) is 8.28. The Morgan fingerprint density at radius 2 is 2.10 bits per heavy atom. The maximum Gasteiger partial charge on any atom is 0.416 e. The molecule has 1 aromatic rings. The van der Waals surface area contributed by atoms with Gasteiger partial charge in [0.05, 0.1) is 5.56 Å². The van der Waals surface area contributed by atoms with Crippen LogP contribution >= 0.6 is 0 Å². The summed E-state index contributed by atoms with van der Waals surface area (Å²) >= 11 is 0. The fraction of sp³-hybridized carbons (Fsp3) is 0.214. The van der Waals surface area contributed by atoms with Crippen LogP contribution in [0.3, 0.4) is 0 Å². The Bertz CT molecular complexity index is 551. The van der Waals surface area contributed by atoms with Crippen molar-refractivity contribution in [2.45, 2.75) is 13.1 Å². The molecule has 1 aromatic carbocycles. The summed E-state index contributed by atoms with van der Waals surface area (Å²) in [6, 6.07) is 4.57. The molecule has 0 heterocycles. The van der Waals surface area contributed by atoms with Crippen molar-refractivity contribution in [2.75, 3.05) is 6.61 Å². The lowest BCUT2D eigenvalue weighted by Crippen LogP contribution is -2.14. The molecule has 0 saturated carbocycles. The number of rotatable bonds is 5. The first kappa shape index (κ1) is 16.8. The van der Waals surface area contributed by atoms with Crippen molar-refractivity contribution in [1.82, 2.24) is 5.48 Å². The third-order valence-electron chi connectivity index (χ3n) is 2.42. The molecule has 0 unspecified atom stereocenters. The number of hydrogen-bond donors (Lipinski definition) is 2. The maximum absolute atomic E-state index is 12.5. The molecule has 0 aromatic heterocycles. The van der Waals surface area contributed by atoms with Crippen LogP contribution in [0, 0.1) is 0 Å². The minimum Gasteiger partial charge on any atom is -0.490 e. The highest BCUT2D eigenvalue weighted by atomic mass is 19.4. The molecule has 0 aliphatic heterocycles. The summed E-state index contributed by atoms with van der Waals surface area (Å²) in [7, 11) is 0. The van der Waals surface area contributed by atoms with E-state index in [4.69, 9.17) is 9.94 Å². The predicted octanol–water partition coefficient (Wildman–Crippen LogP) is 3.09. The Balaban J connectivity index is 2.60. The largest absolute Gasteiger partial charge is 0.490 e. The van der Waals surface area contributed by atoms with Gasteiger partial charge >= 0.3 is 6.18 Å². The second-order valence-corrected chi connectivity index (χ2v) is 4.09. The Morgan fingerprint density at radius 1 is 1.38 bits per heavy atom. The monoisotopic (exact) mass is 301 g/mol. The summed E-state index contributed by atoms with van der Waals surface area (Å²) < 4.78 is 42.7. The van der Waals surface area contributed by atoms with Crippen LogP contribution in [0.5, 0.6) is 5.75 Å². The first-order valence-electron chi connectivity index (χ1n) is 5.92. The van der Waals surface area contributed by atoms with Crippen LogP contribution < -0.4 is 10.2 Å². The van der Waals surface area contributed by atoms with E-state index >= 15 is 0 Å². The highest BCUT2D eigenvalue weighted by molar-refractivity contribution is 5.86. The number of alkyl halides is 3. The van der Waals surface area contributed by atoms with Gasteiger partial charge in [-0.1, -0.05) is 17.7 Å². The molecular formula is C14H14F3NO3. The molecule has 0 aliphatic carbocycles. The molecule has 21 heavy (non-hydrogen) atoms. The second-order valence-electron chi connectivity index (χ2n) is 4.09. The standard InChI is InChI=1S/C14H14F3NO3/c1-10(5-6-13(19)18-20)7-8-21-12-4-2-3-11(9-12)14(15,16)17/h2-7,9,20H,8H2,1H3,(H,18,19)/b6-5+,10-7+. The zero-order valence-electron chi connectivity index (χ0n) is 11.1. The van der Waals surface area contributed by atoms with Gasteiger partial charge in [-0.25, -0.2) is 5.48 Å². The fourth-order valence-electron chi connectivity index (χ4n) is 1.34. The molecule has 114 valence electrons. The number of benzene rings is 1. The van der Waals surface area contributed by atoms with E-state index in [1.54, 1.807) is 13.0 Å². The SMILES string of the molecule is CC(/C=C/C(=O)NO)=C\COc1cccc(C(F)(F)F)c1. The average Bonchev–Trinajstić information content (AvgIpc) is 2.44. The van der Waals surface area contributed by atoms with Gasteiger partial charge in [-0.3, -0.25) is 10.0 Å². The van der Waals surface area contributed by atoms with Gasteiger partial charge in [0, 0.05) is 6.08 Å². The zero-order valence-corrected chi connectivity index (χ0v) is 11.1. The van der Waals surface area contributed by atoms with Crippen molar-refractivity contribution in [3.63, 3.8) is 0 Å². The van der Waals surface area contributed by atoms with Crippen molar-refractivity contribution in [3.05, 3.63) is 53.6 Å². The first-order valence-corrected chi connectivity index (χ1v) is 5.92. The van der Waals surface area contributed by atoms with E-state index in [1.807, 2.05) is 0 Å². The summed E-state index contributed by atoms with van der Waals surface area (Å²) in [4.78, 5) is 10.7. The van der Waals surface area contributed by atoms with Crippen molar-refractivity contribution in [2.24, 2.45) is 0 Å². The molecule has 4 nitrogen and oxygen atoms in total. The van der Waals surface area contributed by atoms with Gasteiger partial charge in [0.2, 0.25) is 0 Å². The second kappa shape index (κ2) is 7.49. The highest BCUT2D eigenvalue weighted by Gasteiger charge is 2.30. The van der Waals surface area contributed by atoms with Crippen molar-refractivity contribution in [3.8, 4) is 5.75 Å². The van der Waals surface area contributed by atoms with E-state index in [0.29, 0.717) is 5.57 Å². The number of nitrogens with one attached hydrogen (secondary N) is 1. The van der Waals surface area contributed by atoms with Gasteiger partial charge in [-0.15, -0.1) is 0 Å². The first-order chi connectivity index (χ1) is 9.82. The number of hydrogen-bond acceptors (Lipinski definition) is 3. The van der Waals surface area contributed by atoms with Crippen molar-refractivity contribution >= 4 is 5.91 Å². The predicted molar refractivity (Wildman–Crippen MR) is 69.8 cm³/mol. The van der Waals surface area contributed by atoms with Crippen LogP contribution in [0.2, 0.25) is 0 Å². The molecule has 1 rings (SSSR count). The van der Waals surface area contributed by atoms with Gasteiger partial charge < -0.3 is 4.74 Å². The van der Waals surface area contributed by atoms with Crippen LogP contribution in [-0.2, 0) is 11.0 Å². The molecule has 0 bridgehead atoms. The molecule has 0 spiro atoms. The third-order valence-corrected chi connectivity index (χ3v) is 2.42. The van der Waals surface area contributed by atoms with E-state index in [0.717, 1.165) is 18.2 Å². The number of carbonyl (C=O) groups is 1. The van der Waals surface area contributed by atoms with Crippen LogP contribution in [-0.4, -0.2) is 17.7 Å². The van der Waals surface area contributed by atoms with Gasteiger partial charge in [0.1, 0.15) is 12.4 Å². The van der Waals surface area contributed by atoms with E-state index in [2.05, 4.69) is 0 Å². The van der Waals surface area contributed by atoms with E-state index in [1.165, 1.54) is 23.7 Å². The zero-order chi connectivity index (χ0) is 15.9. The number of hydroxylamine groups is 1. The minimum atomic E-state index is -4.41. The molecule has 0 fully saturated rings. The van der Waals surface area contributed by atoms with Gasteiger partial charge in [-0.2, -0.15) is 13.2 Å². The average molecular weight is 301 g/mol. The van der Waals surface area contributed by atoms with Crippen molar-refractivity contribution < 1.29 is 27.9 Å². The molecule has 7 heteroatoms. The van der Waals surface area contributed by atoms with Gasteiger partial charge in [0.15, 0.2) is 0 Å². The molecule has 0 atom stereocenters. The lowest BCUT2D eigenvalue weighted by molar-refractivity contribution is -0.137. The van der Waals surface area contributed by atoms with E-state index in [-0.39, 0.29) is 12.4 Å². The van der Waals surface area contributed by atoms with E-state index < -0.39 is 17.6 Å². The Hall–Kier alpha value is -2.28. The molecule has 0 radical (unpaired) electrons. The van der Waals surface area contributed by atoms with Gasteiger partial charge in [-0.05, 0) is 31.2 Å². The number of allylic oxidation sites excluding steroid dienone is 2. The fourth-order valence-corrected chi connectivity index (χ4v) is 1.34. The van der Waals surface area contributed by atoms with Crippen LogP contribution in [0.15, 0.2) is 48.1 Å². The summed E-state index contributed by atoms with van der Waals surface area (Å²) in [5.74, 6) is -0.576. The normalized spacial score (nSPS) is 12.5. The Kier molecular flexibility index (Phi) is 5.98. The summed E-state index contributed by atoms with van der Waals surface area (Å²) in [5.41, 5.74) is 1.31. The highest BCUT2D eigenvalue weighted by Crippen LogP contribution is 2.31. The molecule has 1 amide bonds. The lowest BCUT2D eigenvalue weighted by atomic mass is 10.2. The molecule has 2 N–H and O–H groups in total. The molecule has 0 aliphatic rings. The maximum atomic E-state index is 12.5. The minimum absolute atomic E-state index is 0.0538. The lowest BCUT2D eigenvalue weighted by Gasteiger charge is -2.09. The quantitative estimate of drug-likeness (QED) is 0.380. The number of amides is 1. The molecular weight excluding hydrogens is 287 g/mol. The smallest absolute Gasteiger partial charge is 0.416 e. The van der Waals surface area contributed by atoms with E-state index in [9.17, 15) is 18.0 Å². The van der Waals surface area contributed by atoms with Crippen LogP contribution in [0.4, 0.5) is 13.2 Å². The number of halogens is 3. The topological polar surface area (TPSA) is 58.6 Å². The Morgan fingerprint density at radius 3 is 2.71 bits per heavy atom.